The number of likely N-dealkylation sites (tertiary alicyclic amines) is 1. The Kier molecular flexibility index (Phi) is 6.15. The van der Waals surface area contributed by atoms with E-state index in [0.29, 0.717) is 42.3 Å². The van der Waals surface area contributed by atoms with Crippen LogP contribution in [-0.2, 0) is 6.42 Å². The zero-order chi connectivity index (χ0) is 22.8. The first-order valence-corrected chi connectivity index (χ1v) is 10.9. The van der Waals surface area contributed by atoms with Gasteiger partial charge < -0.3 is 16.8 Å². The fraction of sp³-hybridized carbons (Fsp3) is 0.360. The van der Waals surface area contributed by atoms with E-state index in [9.17, 15) is 4.39 Å². The summed E-state index contributed by atoms with van der Waals surface area (Å²) >= 11 is 0. The summed E-state index contributed by atoms with van der Waals surface area (Å²) < 4.78 is 14.7. The average molecular weight is 433 g/mol. The fourth-order valence-corrected chi connectivity index (χ4v) is 4.87. The zero-order valence-electron chi connectivity index (χ0n) is 18.4. The zero-order valence-corrected chi connectivity index (χ0v) is 18.4. The van der Waals surface area contributed by atoms with E-state index in [1.807, 2.05) is 6.07 Å². The maximum absolute atomic E-state index is 14.7. The topological polar surface area (TPSA) is 104 Å². The number of fused-ring (bicyclic) bond motifs is 1. The van der Waals surface area contributed by atoms with Crippen molar-refractivity contribution in [2.75, 3.05) is 30.7 Å². The lowest BCUT2D eigenvalue weighted by atomic mass is 9.84. The number of nitrogens with zero attached hydrogens (tertiary/aromatic N) is 3. The molecule has 2 aliphatic rings. The number of nitrogens with two attached hydrogens (primary N) is 2. The van der Waals surface area contributed by atoms with Gasteiger partial charge in [-0.1, -0.05) is 18.7 Å². The molecule has 1 fully saturated rings. The lowest BCUT2D eigenvalue weighted by Crippen LogP contribution is -2.42. The minimum atomic E-state index is -0.892. The predicted octanol–water partition coefficient (Wildman–Crippen LogP) is 3.84. The molecule has 166 valence electrons. The van der Waals surface area contributed by atoms with Crippen LogP contribution in [0, 0.1) is 18.3 Å². The van der Waals surface area contributed by atoms with Gasteiger partial charge in [0.25, 0.3) is 0 Å². The molecule has 32 heavy (non-hydrogen) atoms. The van der Waals surface area contributed by atoms with Gasteiger partial charge in [0.1, 0.15) is 18.1 Å². The molecule has 0 radical (unpaired) electrons. The molecule has 2 heterocycles. The number of nitriles is 1. The highest BCUT2D eigenvalue weighted by Gasteiger charge is 2.30. The number of pyridine rings is 1. The Bertz CT molecular complexity index is 1120. The monoisotopic (exact) mass is 432 g/mol. The van der Waals surface area contributed by atoms with Crippen LogP contribution in [0.1, 0.15) is 46.6 Å². The number of rotatable bonds is 5. The van der Waals surface area contributed by atoms with Gasteiger partial charge in [-0.15, -0.1) is 0 Å². The quantitative estimate of drug-likeness (QED) is 0.663. The van der Waals surface area contributed by atoms with Crippen LogP contribution in [-0.4, -0.2) is 35.7 Å². The summed E-state index contributed by atoms with van der Waals surface area (Å²) in [6, 6.07) is 7.89. The maximum atomic E-state index is 14.7. The van der Waals surface area contributed by atoms with Crippen LogP contribution >= 0.6 is 0 Å². The van der Waals surface area contributed by atoms with E-state index in [1.54, 1.807) is 12.3 Å². The van der Waals surface area contributed by atoms with E-state index < -0.39 is 6.17 Å². The van der Waals surface area contributed by atoms with E-state index in [2.05, 4.69) is 40.8 Å². The van der Waals surface area contributed by atoms with Crippen LogP contribution in [0.4, 0.5) is 15.9 Å². The number of halogens is 1. The summed E-state index contributed by atoms with van der Waals surface area (Å²) in [5.41, 5.74) is 19.6. The highest BCUT2D eigenvalue weighted by molar-refractivity contribution is 5.72. The van der Waals surface area contributed by atoms with E-state index in [0.717, 1.165) is 19.4 Å². The number of nitrogens with one attached hydrogen (secondary N) is 1. The summed E-state index contributed by atoms with van der Waals surface area (Å²) in [5.74, 6) is 0.637. The molecule has 2 unspecified atom stereocenters. The second-order valence-electron chi connectivity index (χ2n) is 8.77. The predicted molar refractivity (Wildman–Crippen MR) is 126 cm³/mol. The first-order chi connectivity index (χ1) is 15.4. The highest BCUT2D eigenvalue weighted by atomic mass is 19.1. The van der Waals surface area contributed by atoms with Crippen LogP contribution in [0.25, 0.3) is 5.57 Å². The van der Waals surface area contributed by atoms with Gasteiger partial charge in [0.05, 0.1) is 11.3 Å². The summed E-state index contributed by atoms with van der Waals surface area (Å²) in [6.07, 6.45) is 4.75. The third-order valence-electron chi connectivity index (χ3n) is 6.48. The third-order valence-corrected chi connectivity index (χ3v) is 6.48. The van der Waals surface area contributed by atoms with Crippen LogP contribution in [0.15, 0.2) is 42.9 Å². The molecule has 2 aromatic rings. The minimum absolute atomic E-state index is 0.138. The Balaban J connectivity index is 1.44. The van der Waals surface area contributed by atoms with Crippen molar-refractivity contribution >= 4 is 17.1 Å². The lowest BCUT2D eigenvalue weighted by Gasteiger charge is -2.36. The van der Waals surface area contributed by atoms with Crippen molar-refractivity contribution in [3.8, 4) is 6.07 Å². The van der Waals surface area contributed by atoms with Crippen molar-refractivity contribution in [2.45, 2.75) is 38.3 Å². The van der Waals surface area contributed by atoms with E-state index in [4.69, 9.17) is 16.7 Å². The van der Waals surface area contributed by atoms with Crippen LogP contribution < -0.4 is 16.8 Å². The van der Waals surface area contributed by atoms with Crippen molar-refractivity contribution in [1.82, 2.24) is 9.88 Å². The number of aromatic nitrogens is 1. The largest absolute Gasteiger partial charge is 0.400 e. The van der Waals surface area contributed by atoms with Crippen molar-refractivity contribution in [3.63, 3.8) is 0 Å². The average Bonchev–Trinajstić information content (AvgIpc) is 3.14. The maximum Gasteiger partial charge on any atom is 0.132 e. The van der Waals surface area contributed by atoms with E-state index in [1.165, 1.54) is 34.0 Å². The van der Waals surface area contributed by atoms with E-state index in [-0.39, 0.29) is 5.92 Å². The first kappa shape index (κ1) is 21.8. The van der Waals surface area contributed by atoms with Gasteiger partial charge in [0.2, 0.25) is 0 Å². The number of allylic oxidation sites excluding steroid dienone is 1. The first-order valence-electron chi connectivity index (χ1n) is 10.9. The molecule has 1 aromatic carbocycles. The molecule has 0 spiro atoms. The molecule has 2 atom stereocenters. The number of alkyl halides is 1. The number of hydrogen-bond donors (Lipinski definition) is 3. The van der Waals surface area contributed by atoms with Crippen molar-refractivity contribution in [3.05, 3.63) is 70.7 Å². The van der Waals surface area contributed by atoms with Gasteiger partial charge in [-0.3, -0.25) is 4.90 Å². The van der Waals surface area contributed by atoms with Crippen LogP contribution in [0.5, 0.6) is 0 Å². The van der Waals surface area contributed by atoms with Gasteiger partial charge in [-0.2, -0.15) is 5.26 Å². The minimum Gasteiger partial charge on any atom is -0.400 e. The van der Waals surface area contributed by atoms with Crippen LogP contribution in [0.3, 0.4) is 0 Å². The van der Waals surface area contributed by atoms with Crippen molar-refractivity contribution < 1.29 is 4.39 Å². The normalized spacial score (nSPS) is 21.3. The smallest absolute Gasteiger partial charge is 0.132 e. The van der Waals surface area contributed by atoms with Gasteiger partial charge in [0, 0.05) is 43.8 Å². The second-order valence-corrected chi connectivity index (χ2v) is 8.77. The number of benzene rings is 1. The lowest BCUT2D eigenvalue weighted by molar-refractivity contribution is 0.130. The second kappa shape index (κ2) is 9.01. The Morgan fingerprint density at radius 1 is 1.41 bits per heavy atom. The SMILES string of the molecule is C=C1CCc2c1ccc(C1CC(F)CN(C/C(N)=C/Nc3cc(N)c(C#N)cn3)C1)c2C. The van der Waals surface area contributed by atoms with E-state index >= 15 is 0 Å². The standard InChI is InChI=1S/C25H29FN6/c1-15-3-4-23-16(2)22(6-5-21(15)23)17-7-19(26)13-32(12-17)14-20(28)11-31-25-8-24(29)18(9-27)10-30-25/h5-6,8,10-11,17,19H,1,3-4,7,12-14,28H2,2H3,(H3,29,30,31)/b20-11-. The molecule has 5 N–H and O–H groups in total. The summed E-state index contributed by atoms with van der Waals surface area (Å²) in [6.45, 7) is 7.91. The van der Waals surface area contributed by atoms with Gasteiger partial charge in [-0.25, -0.2) is 9.37 Å². The molecule has 0 bridgehead atoms. The molecule has 1 aliphatic heterocycles. The molecular weight excluding hydrogens is 403 g/mol. The number of hydrogen-bond acceptors (Lipinski definition) is 6. The molecule has 6 nitrogen and oxygen atoms in total. The summed E-state index contributed by atoms with van der Waals surface area (Å²) in [7, 11) is 0. The van der Waals surface area contributed by atoms with Crippen molar-refractivity contribution in [2.24, 2.45) is 5.73 Å². The molecule has 4 rings (SSSR count). The van der Waals surface area contributed by atoms with Gasteiger partial charge in [-0.05, 0) is 59.9 Å². The summed E-state index contributed by atoms with van der Waals surface area (Å²) in [4.78, 5) is 6.21. The Morgan fingerprint density at radius 2 is 2.22 bits per heavy atom. The van der Waals surface area contributed by atoms with Gasteiger partial charge >= 0.3 is 0 Å². The number of anilines is 2. The van der Waals surface area contributed by atoms with Gasteiger partial charge in [0.15, 0.2) is 0 Å². The molecule has 0 amide bonds. The van der Waals surface area contributed by atoms with Crippen LogP contribution in [0.2, 0.25) is 0 Å². The molecule has 1 aliphatic carbocycles. The molecule has 1 aromatic heterocycles. The Morgan fingerprint density at radius 3 is 2.97 bits per heavy atom. The highest BCUT2D eigenvalue weighted by Crippen LogP contribution is 2.38. The fourth-order valence-electron chi connectivity index (χ4n) is 4.87. The molecular formula is C25H29FN6. The number of piperidine rings is 1. The third kappa shape index (κ3) is 4.46. The summed E-state index contributed by atoms with van der Waals surface area (Å²) in [5, 5.41) is 12.0. The Labute approximate surface area is 188 Å². The Hall–Kier alpha value is -3.37. The number of nitrogen functional groups attached to an aromatic ring is 1. The van der Waals surface area contributed by atoms with Crippen molar-refractivity contribution in [1.29, 1.82) is 5.26 Å². The molecule has 1 saturated heterocycles. The molecule has 0 saturated carbocycles. The molecule has 7 heteroatoms.